The minimum Gasteiger partial charge on any atom is -0.481 e. The molecule has 7 heteroatoms. The number of carbonyl (C=O) groups is 2. The first-order valence-electron chi connectivity index (χ1n) is 14.1. The summed E-state index contributed by atoms with van der Waals surface area (Å²) in [5, 5.41) is 11.1. The van der Waals surface area contributed by atoms with E-state index in [0.29, 0.717) is 24.9 Å². The van der Waals surface area contributed by atoms with E-state index in [1.807, 2.05) is 6.92 Å². The molecular formula is C29H42O7. The van der Waals surface area contributed by atoms with Crippen molar-refractivity contribution in [1.82, 2.24) is 0 Å². The summed E-state index contributed by atoms with van der Waals surface area (Å²) in [7, 11) is 0. The summed E-state index contributed by atoms with van der Waals surface area (Å²) < 4.78 is 24.8. The molecule has 2 saturated heterocycles. The zero-order chi connectivity index (χ0) is 25.6. The molecule has 1 N–H and O–H groups in total. The molecule has 0 spiro atoms. The maximum atomic E-state index is 13.5. The second-order valence-electron chi connectivity index (χ2n) is 12.9. The van der Waals surface area contributed by atoms with Crippen LogP contribution in [0.3, 0.4) is 0 Å². The first-order chi connectivity index (χ1) is 17.2. The Morgan fingerprint density at radius 2 is 1.97 bits per heavy atom. The molecule has 12 atom stereocenters. The number of hydrogen-bond acceptors (Lipinski definition) is 6. The molecule has 0 aromatic carbocycles. The molecule has 2 aliphatic heterocycles. The smallest absolute Gasteiger partial charge is 0.315 e. The monoisotopic (exact) mass is 502 g/mol. The van der Waals surface area contributed by atoms with Crippen molar-refractivity contribution in [1.29, 1.82) is 0 Å². The van der Waals surface area contributed by atoms with E-state index in [0.717, 1.165) is 37.5 Å². The Hall–Kier alpha value is -1.28. The Balaban J connectivity index is 1.34. The number of epoxide rings is 1. The SMILES string of the molecule is CCCO[C@H]1[C@@H]2O[C@@H]2[C@H](OC[C@@]23C[C@@H]4[C@H](C)CC[C@H]4[C@]4(C=O)C[C@H]2C=C(C(C)C)[C@@]34C(=O)O)O[C@@H]1C. The first kappa shape index (κ1) is 25.0. The quantitative estimate of drug-likeness (QED) is 0.286. The van der Waals surface area contributed by atoms with Crippen LogP contribution >= 0.6 is 0 Å². The standard InChI is InChI=1S/C29H42O7/c1-6-9-33-22-17(5)35-25(24-23(22)36-24)34-14-28-12-19-16(4)7-8-20(19)27(13-30)11-18(28)10-21(15(2)3)29(27,28)26(31)32/h10,13,15-20,22-25H,6-9,11-12,14H2,1-5H3,(H,31,32)/t16-,17-,18-,19-,20-,22-,23+,24+,25-,27-,28+,29+/m1/s1. The van der Waals surface area contributed by atoms with Gasteiger partial charge in [-0.1, -0.05) is 45.8 Å². The molecule has 0 unspecified atom stereocenters. The minimum absolute atomic E-state index is 0.0200. The predicted molar refractivity (Wildman–Crippen MR) is 131 cm³/mol. The van der Waals surface area contributed by atoms with Gasteiger partial charge in [0.25, 0.3) is 0 Å². The van der Waals surface area contributed by atoms with Gasteiger partial charge < -0.3 is 28.8 Å². The van der Waals surface area contributed by atoms with Gasteiger partial charge in [-0.25, -0.2) is 0 Å². The number of aldehydes is 1. The van der Waals surface area contributed by atoms with Crippen molar-refractivity contribution >= 4 is 12.3 Å². The van der Waals surface area contributed by atoms with Gasteiger partial charge in [0, 0.05) is 12.0 Å². The van der Waals surface area contributed by atoms with E-state index in [9.17, 15) is 14.7 Å². The van der Waals surface area contributed by atoms with Crippen LogP contribution in [-0.2, 0) is 28.5 Å². The van der Waals surface area contributed by atoms with E-state index in [-0.39, 0.29) is 48.8 Å². The third-order valence-electron chi connectivity index (χ3n) is 11.1. The van der Waals surface area contributed by atoms with Gasteiger partial charge in [0.05, 0.1) is 18.1 Å². The molecule has 6 aliphatic rings. The Labute approximate surface area is 214 Å². The summed E-state index contributed by atoms with van der Waals surface area (Å²) in [6, 6.07) is 0. The van der Waals surface area contributed by atoms with Gasteiger partial charge in [0.2, 0.25) is 0 Å². The van der Waals surface area contributed by atoms with Crippen LogP contribution in [0.2, 0.25) is 0 Å². The van der Waals surface area contributed by atoms with E-state index >= 15 is 0 Å². The first-order valence-corrected chi connectivity index (χ1v) is 14.1. The van der Waals surface area contributed by atoms with Crippen molar-refractivity contribution in [2.75, 3.05) is 13.2 Å². The largest absolute Gasteiger partial charge is 0.481 e. The molecule has 7 nitrogen and oxygen atoms in total. The van der Waals surface area contributed by atoms with Crippen LogP contribution in [0.25, 0.3) is 0 Å². The molecular weight excluding hydrogens is 460 g/mol. The lowest BCUT2D eigenvalue weighted by molar-refractivity contribution is -0.239. The third kappa shape index (κ3) is 2.89. The Morgan fingerprint density at radius 1 is 1.19 bits per heavy atom. The Kier molecular flexibility index (Phi) is 5.81. The Morgan fingerprint density at radius 3 is 2.64 bits per heavy atom. The summed E-state index contributed by atoms with van der Waals surface area (Å²) in [4.78, 5) is 26.7. The van der Waals surface area contributed by atoms with Gasteiger partial charge in [0.15, 0.2) is 6.29 Å². The fourth-order valence-electron chi connectivity index (χ4n) is 9.74. The van der Waals surface area contributed by atoms with E-state index in [4.69, 9.17) is 18.9 Å². The third-order valence-corrected chi connectivity index (χ3v) is 11.1. The maximum absolute atomic E-state index is 13.5. The van der Waals surface area contributed by atoms with Gasteiger partial charge in [0.1, 0.15) is 30.0 Å². The zero-order valence-electron chi connectivity index (χ0n) is 22.3. The minimum atomic E-state index is -1.22. The molecule has 3 saturated carbocycles. The number of aliphatic carboxylic acids is 1. The molecule has 0 aromatic heterocycles. The highest BCUT2D eigenvalue weighted by Gasteiger charge is 2.84. The summed E-state index contributed by atoms with van der Waals surface area (Å²) in [5.41, 5.74) is -1.80. The second kappa shape index (κ2) is 8.36. The number of carboxylic acids is 1. The molecule has 36 heavy (non-hydrogen) atoms. The van der Waals surface area contributed by atoms with Crippen molar-refractivity contribution in [2.24, 2.45) is 45.8 Å². The van der Waals surface area contributed by atoms with Gasteiger partial charge in [-0.05, 0) is 62.2 Å². The van der Waals surface area contributed by atoms with Crippen molar-refractivity contribution in [2.45, 2.75) is 97.4 Å². The fourth-order valence-corrected chi connectivity index (χ4v) is 9.74. The molecule has 5 fully saturated rings. The second-order valence-corrected chi connectivity index (χ2v) is 12.9. The van der Waals surface area contributed by atoms with Crippen LogP contribution in [0, 0.1) is 45.8 Å². The number of hydrogen-bond donors (Lipinski definition) is 1. The van der Waals surface area contributed by atoms with Gasteiger partial charge in [-0.3, -0.25) is 4.79 Å². The van der Waals surface area contributed by atoms with Crippen LogP contribution in [0.15, 0.2) is 11.6 Å². The van der Waals surface area contributed by atoms with Crippen LogP contribution in [0.5, 0.6) is 0 Å². The van der Waals surface area contributed by atoms with Crippen molar-refractivity contribution in [3.63, 3.8) is 0 Å². The molecule has 6 rings (SSSR count). The molecule has 2 heterocycles. The summed E-state index contributed by atoms with van der Waals surface area (Å²) in [6.45, 7) is 11.4. The van der Waals surface area contributed by atoms with Gasteiger partial charge in [-0.15, -0.1) is 0 Å². The predicted octanol–water partition coefficient (Wildman–Crippen LogP) is 4.24. The molecule has 4 bridgehead atoms. The van der Waals surface area contributed by atoms with Crippen LogP contribution in [0.4, 0.5) is 0 Å². The van der Waals surface area contributed by atoms with E-state index in [1.54, 1.807) is 0 Å². The van der Waals surface area contributed by atoms with Crippen LogP contribution in [-0.4, -0.2) is 61.3 Å². The molecule has 0 radical (unpaired) electrons. The lowest BCUT2D eigenvalue weighted by atomic mass is 9.43. The van der Waals surface area contributed by atoms with Gasteiger partial charge in [-0.2, -0.15) is 0 Å². The molecule has 0 amide bonds. The highest BCUT2D eigenvalue weighted by molar-refractivity contribution is 5.90. The van der Waals surface area contributed by atoms with Crippen molar-refractivity contribution in [3.05, 3.63) is 11.6 Å². The topological polar surface area (TPSA) is 94.6 Å². The normalized spacial score (nSPS) is 52.2. The van der Waals surface area contributed by atoms with E-state index in [2.05, 4.69) is 33.8 Å². The van der Waals surface area contributed by atoms with Crippen molar-refractivity contribution in [3.8, 4) is 0 Å². The lowest BCUT2D eigenvalue weighted by Crippen LogP contribution is -2.64. The molecule has 200 valence electrons. The van der Waals surface area contributed by atoms with E-state index < -0.39 is 28.5 Å². The molecule has 0 aromatic rings. The summed E-state index contributed by atoms with van der Waals surface area (Å²) >= 11 is 0. The number of allylic oxidation sites excluding steroid dienone is 1. The maximum Gasteiger partial charge on any atom is 0.315 e. The number of carboxylic acid groups (broad SMARTS) is 1. The number of fused-ring (bicyclic) bond motifs is 3. The van der Waals surface area contributed by atoms with Crippen LogP contribution in [0.1, 0.15) is 66.7 Å². The van der Waals surface area contributed by atoms with Crippen LogP contribution < -0.4 is 0 Å². The summed E-state index contributed by atoms with van der Waals surface area (Å²) in [5.74, 6) is 0.186. The average Bonchev–Trinajstić information content (AvgIpc) is 3.44. The highest BCUT2D eigenvalue weighted by atomic mass is 16.7. The van der Waals surface area contributed by atoms with Gasteiger partial charge >= 0.3 is 5.97 Å². The lowest BCUT2D eigenvalue weighted by Gasteiger charge is -2.58. The number of ether oxygens (including phenoxy) is 4. The number of rotatable bonds is 9. The van der Waals surface area contributed by atoms with Crippen molar-refractivity contribution < 1.29 is 33.6 Å². The Bertz CT molecular complexity index is 959. The van der Waals surface area contributed by atoms with E-state index in [1.165, 1.54) is 0 Å². The fraction of sp³-hybridized carbons (Fsp3) is 0.862. The average molecular weight is 503 g/mol. The molecule has 4 aliphatic carbocycles. The zero-order valence-corrected chi connectivity index (χ0v) is 22.3. The summed E-state index contributed by atoms with van der Waals surface area (Å²) in [6.07, 6.45) is 6.58. The number of carbonyl (C=O) groups excluding carboxylic acids is 1. The highest BCUT2D eigenvalue weighted by Crippen LogP contribution is 2.82.